The summed E-state index contributed by atoms with van der Waals surface area (Å²) in [6, 6.07) is 0. The van der Waals surface area contributed by atoms with Crippen LogP contribution in [0, 0.1) is 40.4 Å². The molecule has 5 nitrogen and oxygen atoms in total. The first-order valence-electron chi connectivity index (χ1n) is 11.1. The van der Waals surface area contributed by atoms with Crippen molar-refractivity contribution in [3.05, 3.63) is 0 Å². The van der Waals surface area contributed by atoms with E-state index < -0.39 is 0 Å². The summed E-state index contributed by atoms with van der Waals surface area (Å²) in [5, 5.41) is 24.5. The largest absolute Gasteiger partial charge is 0.393 e. The van der Waals surface area contributed by atoms with Crippen LogP contribution in [0.15, 0.2) is 0 Å². The second-order valence-corrected chi connectivity index (χ2v) is 10.5. The lowest BCUT2D eigenvalue weighted by Gasteiger charge is -2.62. The molecule has 1 unspecified atom stereocenters. The Morgan fingerprint density at radius 2 is 1.89 bits per heavy atom. The summed E-state index contributed by atoms with van der Waals surface area (Å²) in [5.74, 6) is 2.05. The van der Waals surface area contributed by atoms with E-state index in [0.717, 1.165) is 51.4 Å². The lowest BCUT2D eigenvalue weighted by molar-refractivity contribution is -0.179. The maximum Gasteiger partial charge on any atom is 0.223 e. The van der Waals surface area contributed by atoms with Crippen molar-refractivity contribution in [3.63, 3.8) is 0 Å². The maximum absolute atomic E-state index is 12.8. The van der Waals surface area contributed by atoms with E-state index in [9.17, 15) is 15.0 Å². The van der Waals surface area contributed by atoms with Crippen LogP contribution in [-0.4, -0.2) is 41.4 Å². The average Bonchev–Trinajstić information content (AvgIpc) is 2.96. The summed E-state index contributed by atoms with van der Waals surface area (Å²) in [6.45, 7) is 5.65. The highest BCUT2D eigenvalue weighted by atomic mass is 16.3. The Kier molecular flexibility index (Phi) is 5.09. The third-order valence-electron chi connectivity index (χ3n) is 9.33. The molecule has 0 bridgehead atoms. The molecule has 0 aromatic carbocycles. The Morgan fingerprint density at radius 1 is 1.11 bits per heavy atom. The summed E-state index contributed by atoms with van der Waals surface area (Å²) in [5.41, 5.74) is 5.60. The molecule has 4 aliphatic rings. The van der Waals surface area contributed by atoms with Gasteiger partial charge in [0.2, 0.25) is 5.91 Å². The van der Waals surface area contributed by atoms with Gasteiger partial charge in [0.05, 0.1) is 12.2 Å². The fraction of sp³-hybridized carbons (Fsp3) is 0.955. The fourth-order valence-corrected chi connectivity index (χ4v) is 8.11. The Bertz CT molecular complexity index is 584. The first kappa shape index (κ1) is 19.7. The molecule has 0 radical (unpaired) electrons. The van der Waals surface area contributed by atoms with Gasteiger partial charge in [-0.25, -0.2) is 0 Å². The van der Waals surface area contributed by atoms with E-state index in [0.29, 0.717) is 36.8 Å². The van der Waals surface area contributed by atoms with Gasteiger partial charge in [-0.1, -0.05) is 13.8 Å². The van der Waals surface area contributed by atoms with Gasteiger partial charge in [-0.05, 0) is 85.9 Å². The third-order valence-corrected chi connectivity index (χ3v) is 9.33. The minimum Gasteiger partial charge on any atom is -0.393 e. The summed E-state index contributed by atoms with van der Waals surface area (Å²) in [7, 11) is 0. The number of nitrogens with one attached hydrogen (secondary N) is 1. The molecular formula is C22H38N2O3. The predicted molar refractivity (Wildman–Crippen MR) is 105 cm³/mol. The first-order chi connectivity index (χ1) is 12.8. The van der Waals surface area contributed by atoms with Crippen LogP contribution in [0.2, 0.25) is 0 Å². The Labute approximate surface area is 163 Å². The maximum atomic E-state index is 12.8. The molecule has 5 heteroatoms. The lowest BCUT2D eigenvalue weighted by Crippen LogP contribution is -2.59. The van der Waals surface area contributed by atoms with E-state index in [2.05, 4.69) is 19.2 Å². The molecule has 4 saturated carbocycles. The van der Waals surface area contributed by atoms with Gasteiger partial charge in [-0.3, -0.25) is 4.79 Å². The van der Waals surface area contributed by atoms with Crippen molar-refractivity contribution in [2.45, 2.75) is 77.4 Å². The lowest BCUT2D eigenvalue weighted by atomic mass is 9.44. The highest BCUT2D eigenvalue weighted by molar-refractivity contribution is 5.80. The van der Waals surface area contributed by atoms with Crippen molar-refractivity contribution in [1.82, 2.24) is 5.32 Å². The number of amides is 1. The topological polar surface area (TPSA) is 95.6 Å². The second-order valence-electron chi connectivity index (χ2n) is 10.5. The molecule has 4 rings (SSSR count). The van der Waals surface area contributed by atoms with E-state index in [1.165, 1.54) is 0 Å². The van der Waals surface area contributed by atoms with Crippen LogP contribution < -0.4 is 11.1 Å². The van der Waals surface area contributed by atoms with Crippen LogP contribution >= 0.6 is 0 Å². The summed E-state index contributed by atoms with van der Waals surface area (Å²) < 4.78 is 0. The number of hydrogen-bond acceptors (Lipinski definition) is 4. The van der Waals surface area contributed by atoms with Crippen molar-refractivity contribution < 1.29 is 15.0 Å². The zero-order chi connectivity index (χ0) is 19.4. The number of nitrogens with two attached hydrogens (primary N) is 1. The molecule has 0 saturated heterocycles. The SMILES string of the molecule is C[C@]12C[C@H](O)[C@H]3[C@@H](CCC4C[C@@H](O)CC[C@@]43C)[C@@H]1CC[C@@H]2C(=O)NCCN. The molecule has 0 heterocycles. The van der Waals surface area contributed by atoms with Crippen LogP contribution in [0.1, 0.15) is 65.2 Å². The van der Waals surface area contributed by atoms with Gasteiger partial charge in [0.25, 0.3) is 0 Å². The zero-order valence-electron chi connectivity index (χ0n) is 17.0. The van der Waals surface area contributed by atoms with Crippen molar-refractivity contribution in [2.75, 3.05) is 13.1 Å². The molecular weight excluding hydrogens is 340 g/mol. The van der Waals surface area contributed by atoms with Gasteiger partial charge in [-0.15, -0.1) is 0 Å². The molecule has 0 aliphatic heterocycles. The molecule has 154 valence electrons. The van der Waals surface area contributed by atoms with E-state index in [-0.39, 0.29) is 34.9 Å². The number of hydrogen-bond donors (Lipinski definition) is 4. The van der Waals surface area contributed by atoms with Crippen molar-refractivity contribution in [2.24, 2.45) is 46.2 Å². The van der Waals surface area contributed by atoms with Crippen molar-refractivity contribution in [3.8, 4) is 0 Å². The predicted octanol–water partition coefficient (Wildman–Crippen LogP) is 2.05. The van der Waals surface area contributed by atoms with E-state index >= 15 is 0 Å². The number of carbonyl (C=O) groups excluding carboxylic acids is 1. The van der Waals surface area contributed by atoms with E-state index in [4.69, 9.17) is 5.73 Å². The van der Waals surface area contributed by atoms with Gasteiger partial charge in [0.15, 0.2) is 0 Å². The molecule has 5 N–H and O–H groups in total. The molecule has 0 spiro atoms. The van der Waals surface area contributed by atoms with Gasteiger partial charge in [0, 0.05) is 19.0 Å². The van der Waals surface area contributed by atoms with E-state index in [1.54, 1.807) is 0 Å². The number of aliphatic hydroxyl groups excluding tert-OH is 2. The normalized spacial score (nSPS) is 51.8. The van der Waals surface area contributed by atoms with Gasteiger partial charge < -0.3 is 21.3 Å². The van der Waals surface area contributed by atoms with E-state index in [1.807, 2.05) is 0 Å². The summed E-state index contributed by atoms with van der Waals surface area (Å²) in [4.78, 5) is 12.8. The average molecular weight is 379 g/mol. The molecule has 27 heavy (non-hydrogen) atoms. The fourth-order valence-electron chi connectivity index (χ4n) is 8.11. The van der Waals surface area contributed by atoms with Crippen LogP contribution in [0.3, 0.4) is 0 Å². The highest BCUT2D eigenvalue weighted by Gasteiger charge is 2.63. The Morgan fingerprint density at radius 3 is 2.63 bits per heavy atom. The smallest absolute Gasteiger partial charge is 0.223 e. The Hall–Kier alpha value is -0.650. The Balaban J connectivity index is 1.59. The van der Waals surface area contributed by atoms with Gasteiger partial charge in [-0.2, -0.15) is 0 Å². The molecule has 0 aromatic heterocycles. The van der Waals surface area contributed by atoms with Crippen LogP contribution in [-0.2, 0) is 4.79 Å². The third kappa shape index (κ3) is 2.96. The van der Waals surface area contributed by atoms with Crippen LogP contribution in [0.25, 0.3) is 0 Å². The molecule has 0 aromatic rings. The standard InChI is InChI=1S/C22H38N2O3/c1-21-8-7-14(25)11-13(21)3-4-15-16-5-6-17(20(27)24-10-9-23)22(16,2)12-18(26)19(15)21/h13-19,25-26H,3-12,23H2,1-2H3,(H,24,27)/t13?,14-,15-,16-,17+,18-,19+,21-,22-/m0/s1. The summed E-state index contributed by atoms with van der Waals surface area (Å²) in [6.07, 6.45) is 7.40. The minimum atomic E-state index is -0.331. The first-order valence-corrected chi connectivity index (χ1v) is 11.1. The highest BCUT2D eigenvalue weighted by Crippen LogP contribution is 2.67. The molecule has 4 fully saturated rings. The number of carbonyl (C=O) groups is 1. The molecule has 1 amide bonds. The van der Waals surface area contributed by atoms with Crippen LogP contribution in [0.4, 0.5) is 0 Å². The number of fused-ring (bicyclic) bond motifs is 5. The molecule has 4 aliphatic carbocycles. The number of rotatable bonds is 3. The van der Waals surface area contributed by atoms with Crippen molar-refractivity contribution >= 4 is 5.91 Å². The second kappa shape index (κ2) is 7.00. The molecule has 9 atom stereocenters. The monoisotopic (exact) mass is 378 g/mol. The minimum absolute atomic E-state index is 0.00311. The van der Waals surface area contributed by atoms with Crippen molar-refractivity contribution in [1.29, 1.82) is 0 Å². The van der Waals surface area contributed by atoms with Crippen LogP contribution in [0.5, 0.6) is 0 Å². The summed E-state index contributed by atoms with van der Waals surface area (Å²) >= 11 is 0. The van der Waals surface area contributed by atoms with Gasteiger partial charge >= 0.3 is 0 Å². The van der Waals surface area contributed by atoms with Gasteiger partial charge in [0.1, 0.15) is 0 Å². The number of aliphatic hydroxyl groups is 2. The quantitative estimate of drug-likeness (QED) is 0.604. The zero-order valence-corrected chi connectivity index (χ0v) is 17.0.